The Morgan fingerprint density at radius 1 is 1.31 bits per heavy atom. The van der Waals surface area contributed by atoms with Gasteiger partial charge in [0.1, 0.15) is 0 Å². The molecular formula is C22H37N5O2. The van der Waals surface area contributed by atoms with Gasteiger partial charge in [0.05, 0.1) is 24.8 Å². The summed E-state index contributed by atoms with van der Waals surface area (Å²) >= 11 is 0. The molecule has 1 aliphatic carbocycles. The van der Waals surface area contributed by atoms with Gasteiger partial charge in [0.2, 0.25) is 5.91 Å². The van der Waals surface area contributed by atoms with Crippen molar-refractivity contribution in [2.75, 3.05) is 52.5 Å². The van der Waals surface area contributed by atoms with Crippen molar-refractivity contribution in [1.82, 2.24) is 24.9 Å². The second-order valence-electron chi connectivity index (χ2n) is 9.12. The number of hydrogen-bond donors (Lipinski definition) is 1. The molecule has 3 aliphatic rings. The number of nitrogens with one attached hydrogen (secondary N) is 1. The maximum atomic E-state index is 13.5. The first kappa shape index (κ1) is 20.8. The molecular weight excluding hydrogens is 366 g/mol. The van der Waals surface area contributed by atoms with Crippen LogP contribution in [0.3, 0.4) is 0 Å². The summed E-state index contributed by atoms with van der Waals surface area (Å²) in [6.07, 6.45) is 9.20. The maximum absolute atomic E-state index is 13.5. The lowest BCUT2D eigenvalue weighted by molar-refractivity contribution is -0.144. The van der Waals surface area contributed by atoms with Crippen LogP contribution in [0, 0.1) is 11.3 Å². The molecule has 7 heteroatoms. The van der Waals surface area contributed by atoms with E-state index in [1.807, 2.05) is 24.1 Å². The van der Waals surface area contributed by atoms with Crippen molar-refractivity contribution in [1.29, 1.82) is 0 Å². The van der Waals surface area contributed by atoms with E-state index in [2.05, 4.69) is 27.1 Å². The zero-order chi connectivity index (χ0) is 20.3. The second kappa shape index (κ2) is 9.14. The lowest BCUT2D eigenvalue weighted by Crippen LogP contribution is -2.61. The minimum atomic E-state index is -0.216. The number of piperidine rings is 1. The van der Waals surface area contributed by atoms with Crippen molar-refractivity contribution in [3.63, 3.8) is 0 Å². The normalized spacial score (nSPS) is 31.4. The highest BCUT2D eigenvalue weighted by Crippen LogP contribution is 2.47. The van der Waals surface area contributed by atoms with Gasteiger partial charge in [0, 0.05) is 45.5 Å². The fourth-order valence-corrected chi connectivity index (χ4v) is 5.73. The highest BCUT2D eigenvalue weighted by molar-refractivity contribution is 5.83. The molecule has 0 unspecified atom stereocenters. The van der Waals surface area contributed by atoms with Crippen LogP contribution in [0.4, 0.5) is 0 Å². The second-order valence-corrected chi connectivity index (χ2v) is 9.12. The van der Waals surface area contributed by atoms with E-state index in [0.717, 1.165) is 78.0 Å². The van der Waals surface area contributed by atoms with Crippen LogP contribution in [0.25, 0.3) is 0 Å². The minimum Gasteiger partial charge on any atom is -0.379 e. The summed E-state index contributed by atoms with van der Waals surface area (Å²) in [4.78, 5) is 18.6. The topological polar surface area (TPSA) is 62.6 Å². The predicted octanol–water partition coefficient (Wildman–Crippen LogP) is 1.29. The number of nitrogens with zero attached hydrogens (tertiary/aromatic N) is 4. The molecule has 29 heavy (non-hydrogen) atoms. The molecule has 2 saturated heterocycles. The molecule has 3 fully saturated rings. The van der Waals surface area contributed by atoms with Gasteiger partial charge in [-0.05, 0) is 56.7 Å². The number of aryl methyl sites for hydroxylation is 1. The number of carbonyl (C=O) groups is 1. The van der Waals surface area contributed by atoms with Crippen LogP contribution in [0.15, 0.2) is 12.4 Å². The zero-order valence-electron chi connectivity index (χ0n) is 18.1. The maximum Gasteiger partial charge on any atom is 0.227 e. The van der Waals surface area contributed by atoms with Gasteiger partial charge < -0.3 is 15.0 Å². The third-order valence-corrected chi connectivity index (χ3v) is 7.48. The van der Waals surface area contributed by atoms with E-state index >= 15 is 0 Å². The van der Waals surface area contributed by atoms with Gasteiger partial charge in [-0.15, -0.1) is 0 Å². The van der Waals surface area contributed by atoms with Crippen molar-refractivity contribution in [3.05, 3.63) is 18.0 Å². The van der Waals surface area contributed by atoms with Crippen molar-refractivity contribution >= 4 is 5.91 Å². The molecule has 1 aromatic rings. The number of carbonyl (C=O) groups excluding carboxylic acids is 1. The van der Waals surface area contributed by atoms with Crippen molar-refractivity contribution in [2.45, 2.75) is 45.1 Å². The molecule has 4 rings (SSSR count). The van der Waals surface area contributed by atoms with Crippen molar-refractivity contribution in [3.8, 4) is 0 Å². The first-order valence-corrected chi connectivity index (χ1v) is 11.4. The zero-order valence-corrected chi connectivity index (χ0v) is 18.1. The first-order chi connectivity index (χ1) is 14.1. The minimum absolute atomic E-state index is 0.216. The van der Waals surface area contributed by atoms with Gasteiger partial charge in [0.15, 0.2) is 0 Å². The van der Waals surface area contributed by atoms with Crippen LogP contribution >= 0.6 is 0 Å². The van der Waals surface area contributed by atoms with Crippen LogP contribution in [-0.2, 0) is 23.0 Å². The molecule has 3 heterocycles. The molecule has 0 bridgehead atoms. The number of aromatic nitrogens is 2. The van der Waals surface area contributed by atoms with Gasteiger partial charge >= 0.3 is 0 Å². The van der Waals surface area contributed by atoms with Crippen LogP contribution in [0.2, 0.25) is 0 Å². The Morgan fingerprint density at radius 2 is 2.14 bits per heavy atom. The molecule has 1 aromatic heterocycles. The Morgan fingerprint density at radius 3 is 2.86 bits per heavy atom. The number of likely N-dealkylation sites (tertiary alicyclic amines) is 1. The Hall–Kier alpha value is -1.44. The summed E-state index contributed by atoms with van der Waals surface area (Å²) in [5.41, 5.74) is 0.961. The average Bonchev–Trinajstić information content (AvgIpc) is 3.18. The molecule has 1 saturated carbocycles. The van der Waals surface area contributed by atoms with E-state index in [4.69, 9.17) is 4.74 Å². The smallest absolute Gasteiger partial charge is 0.227 e. The first-order valence-electron chi connectivity index (χ1n) is 11.4. The summed E-state index contributed by atoms with van der Waals surface area (Å²) in [6, 6.07) is 0.619. The summed E-state index contributed by atoms with van der Waals surface area (Å²) in [6.45, 7) is 9.78. The highest BCUT2D eigenvalue weighted by Gasteiger charge is 2.52. The molecule has 0 aromatic carbocycles. The SMILES string of the molecule is CCN1CC[C@@H]2C[C@@H](N3CCOCC3)CC[C@@]2(C(=O)NCCc2cnn(C)c2)C1. The highest BCUT2D eigenvalue weighted by atomic mass is 16.5. The Balaban J connectivity index is 1.41. The van der Waals surface area contributed by atoms with Crippen LogP contribution in [0.5, 0.6) is 0 Å². The summed E-state index contributed by atoms with van der Waals surface area (Å²) in [5, 5.41) is 7.53. The molecule has 2 aliphatic heterocycles. The van der Waals surface area contributed by atoms with E-state index in [-0.39, 0.29) is 11.3 Å². The number of fused-ring (bicyclic) bond motifs is 1. The molecule has 3 atom stereocenters. The number of morpholine rings is 1. The van der Waals surface area contributed by atoms with Crippen LogP contribution < -0.4 is 5.32 Å². The van der Waals surface area contributed by atoms with E-state index in [1.54, 1.807) is 0 Å². The standard InChI is InChI=1S/C22H37N5O2/c1-3-26-9-6-19-14-20(27-10-12-29-13-11-27)4-7-22(19,17-26)21(28)23-8-5-18-15-24-25(2)16-18/h15-16,19-20H,3-14,17H2,1-2H3,(H,23,28)/t19-,20+,22-/m1/s1. The third kappa shape index (κ3) is 4.52. The fourth-order valence-electron chi connectivity index (χ4n) is 5.73. The summed E-state index contributed by atoms with van der Waals surface area (Å²) < 4.78 is 7.37. The van der Waals surface area contributed by atoms with Gasteiger partial charge in [-0.2, -0.15) is 5.10 Å². The predicted molar refractivity (Wildman–Crippen MR) is 113 cm³/mol. The molecule has 1 amide bonds. The lowest BCUT2D eigenvalue weighted by atomic mass is 9.61. The third-order valence-electron chi connectivity index (χ3n) is 7.48. The van der Waals surface area contributed by atoms with Crippen molar-refractivity contribution < 1.29 is 9.53 Å². The number of hydrogen-bond acceptors (Lipinski definition) is 5. The fraction of sp³-hybridized carbons (Fsp3) is 0.818. The van der Waals surface area contributed by atoms with Gasteiger partial charge in [0.25, 0.3) is 0 Å². The monoisotopic (exact) mass is 403 g/mol. The Kier molecular flexibility index (Phi) is 6.56. The van der Waals surface area contributed by atoms with Gasteiger partial charge in [-0.25, -0.2) is 0 Å². The molecule has 0 radical (unpaired) electrons. The molecule has 7 nitrogen and oxygen atoms in total. The largest absolute Gasteiger partial charge is 0.379 e. The van der Waals surface area contributed by atoms with Gasteiger partial charge in [-0.3, -0.25) is 14.4 Å². The molecule has 162 valence electrons. The van der Waals surface area contributed by atoms with Crippen molar-refractivity contribution in [2.24, 2.45) is 18.4 Å². The quantitative estimate of drug-likeness (QED) is 0.776. The van der Waals surface area contributed by atoms with Crippen LogP contribution in [-0.4, -0.2) is 84.0 Å². The number of ether oxygens (including phenoxy) is 1. The Bertz CT molecular complexity index is 686. The summed E-state index contributed by atoms with van der Waals surface area (Å²) in [7, 11) is 1.93. The summed E-state index contributed by atoms with van der Waals surface area (Å²) in [5.74, 6) is 0.773. The number of amides is 1. The lowest BCUT2D eigenvalue weighted by Gasteiger charge is -2.53. The Labute approximate surface area is 174 Å². The van der Waals surface area contributed by atoms with E-state index in [9.17, 15) is 4.79 Å². The van der Waals surface area contributed by atoms with Crippen LogP contribution in [0.1, 0.15) is 38.2 Å². The number of rotatable bonds is 6. The van der Waals surface area contributed by atoms with E-state index < -0.39 is 0 Å². The average molecular weight is 404 g/mol. The van der Waals surface area contributed by atoms with Gasteiger partial charge in [-0.1, -0.05) is 6.92 Å². The molecule has 0 spiro atoms. The van der Waals surface area contributed by atoms with E-state index in [0.29, 0.717) is 18.5 Å². The van der Waals surface area contributed by atoms with E-state index in [1.165, 1.54) is 5.56 Å². The molecule has 1 N–H and O–H groups in total.